The second-order valence-corrected chi connectivity index (χ2v) is 10.8. The van der Waals surface area contributed by atoms with Gasteiger partial charge in [0.25, 0.3) is 0 Å². The van der Waals surface area contributed by atoms with Crippen LogP contribution < -0.4 is 10.0 Å². The summed E-state index contributed by atoms with van der Waals surface area (Å²) in [7, 11) is -3.30. The SMILES string of the molecule is CCS(=O)(=O)Nc1ccc(CN2CCC(Nc3ncnc4ccc(CC(F)(F)F)cc34)CC2)cc1. The van der Waals surface area contributed by atoms with E-state index in [1.165, 1.54) is 18.5 Å². The third kappa shape index (κ3) is 7.04. The number of nitrogens with one attached hydrogen (secondary N) is 2. The van der Waals surface area contributed by atoms with E-state index >= 15 is 0 Å². The van der Waals surface area contributed by atoms with Crippen LogP contribution in [0.5, 0.6) is 0 Å². The monoisotopic (exact) mass is 507 g/mol. The van der Waals surface area contributed by atoms with E-state index in [2.05, 4.69) is 24.9 Å². The fourth-order valence-corrected chi connectivity index (χ4v) is 4.82. The minimum atomic E-state index is -4.27. The van der Waals surface area contributed by atoms with Gasteiger partial charge in [-0.2, -0.15) is 13.2 Å². The van der Waals surface area contributed by atoms with Crippen LogP contribution in [0, 0.1) is 0 Å². The zero-order valence-electron chi connectivity index (χ0n) is 19.3. The topological polar surface area (TPSA) is 87.2 Å². The van der Waals surface area contributed by atoms with Crippen molar-refractivity contribution in [2.24, 2.45) is 0 Å². The Hall–Kier alpha value is -2.92. The van der Waals surface area contributed by atoms with Crippen LogP contribution in [0.15, 0.2) is 48.8 Å². The number of alkyl halides is 3. The molecule has 3 aromatic rings. The van der Waals surface area contributed by atoms with Gasteiger partial charge in [0.1, 0.15) is 12.1 Å². The Labute approximate surface area is 202 Å². The maximum Gasteiger partial charge on any atom is 0.393 e. The highest BCUT2D eigenvalue weighted by Gasteiger charge is 2.28. The zero-order valence-corrected chi connectivity index (χ0v) is 20.2. The molecule has 7 nitrogen and oxygen atoms in total. The maximum atomic E-state index is 12.8. The molecule has 1 aliphatic rings. The summed E-state index contributed by atoms with van der Waals surface area (Å²) in [6.07, 6.45) is -2.10. The lowest BCUT2D eigenvalue weighted by Crippen LogP contribution is -2.38. The molecule has 1 aliphatic heterocycles. The molecule has 2 N–H and O–H groups in total. The number of piperidine rings is 1. The molecule has 1 fully saturated rings. The van der Waals surface area contributed by atoms with E-state index in [4.69, 9.17) is 0 Å². The molecule has 0 unspecified atom stereocenters. The first-order chi connectivity index (χ1) is 16.6. The van der Waals surface area contributed by atoms with Gasteiger partial charge in [-0.1, -0.05) is 18.2 Å². The number of hydrogen-bond donors (Lipinski definition) is 2. The van der Waals surface area contributed by atoms with Crippen LogP contribution in [0.2, 0.25) is 0 Å². The number of nitrogens with zero attached hydrogens (tertiary/aromatic N) is 3. The number of sulfonamides is 1. The second kappa shape index (κ2) is 10.4. The predicted octanol–water partition coefficient (Wildman–Crippen LogP) is 4.57. The molecule has 0 amide bonds. The van der Waals surface area contributed by atoms with E-state index in [1.807, 2.05) is 12.1 Å². The van der Waals surface area contributed by atoms with Crippen LogP contribution in [0.3, 0.4) is 0 Å². The average molecular weight is 508 g/mol. The molecule has 0 atom stereocenters. The van der Waals surface area contributed by atoms with Gasteiger partial charge in [-0.05, 0) is 55.2 Å². The highest BCUT2D eigenvalue weighted by molar-refractivity contribution is 7.92. The molecule has 4 rings (SSSR count). The van der Waals surface area contributed by atoms with Crippen LogP contribution in [0.25, 0.3) is 10.9 Å². The molecule has 0 saturated carbocycles. The van der Waals surface area contributed by atoms with Gasteiger partial charge in [0, 0.05) is 36.7 Å². The number of rotatable bonds is 8. The van der Waals surface area contributed by atoms with Crippen molar-refractivity contribution >= 4 is 32.4 Å². The summed E-state index contributed by atoms with van der Waals surface area (Å²) < 4.78 is 64.4. The molecule has 0 spiro atoms. The molecule has 2 aromatic carbocycles. The summed E-state index contributed by atoms with van der Waals surface area (Å²) in [6.45, 7) is 4.05. The molecule has 0 radical (unpaired) electrons. The first kappa shape index (κ1) is 25.2. The van der Waals surface area contributed by atoms with Gasteiger partial charge in [-0.15, -0.1) is 0 Å². The van der Waals surface area contributed by atoms with Crippen LogP contribution in [0.1, 0.15) is 30.9 Å². The lowest BCUT2D eigenvalue weighted by Gasteiger charge is -2.32. The van der Waals surface area contributed by atoms with E-state index in [9.17, 15) is 21.6 Å². The molecule has 1 saturated heterocycles. The van der Waals surface area contributed by atoms with Crippen molar-refractivity contribution in [3.8, 4) is 0 Å². The lowest BCUT2D eigenvalue weighted by atomic mass is 10.0. The number of benzene rings is 2. The first-order valence-electron chi connectivity index (χ1n) is 11.5. The lowest BCUT2D eigenvalue weighted by molar-refractivity contribution is -0.127. The molecule has 0 bridgehead atoms. The molecule has 0 aliphatic carbocycles. The standard InChI is InChI=1S/C24H28F3N5O2S/c1-2-35(33,34)31-20-6-3-17(4-7-20)15-32-11-9-19(10-12-32)30-23-21-13-18(14-24(25,26)27)5-8-22(21)28-16-29-23/h3-8,13,16,19,31H,2,9-12,14-15H2,1H3,(H,28,29,30). The van der Waals surface area contributed by atoms with Crippen LogP contribution in [-0.4, -0.2) is 54.3 Å². The minimum Gasteiger partial charge on any atom is -0.367 e. The average Bonchev–Trinajstić information content (AvgIpc) is 2.81. The largest absolute Gasteiger partial charge is 0.393 e. The van der Waals surface area contributed by atoms with Gasteiger partial charge >= 0.3 is 6.18 Å². The molecule has 11 heteroatoms. The van der Waals surface area contributed by atoms with E-state index in [0.29, 0.717) is 22.4 Å². The number of aromatic nitrogens is 2. The second-order valence-electron chi connectivity index (χ2n) is 8.76. The van der Waals surface area contributed by atoms with Crippen molar-refractivity contribution in [3.05, 3.63) is 59.9 Å². The van der Waals surface area contributed by atoms with Crippen molar-refractivity contribution in [2.75, 3.05) is 28.9 Å². The van der Waals surface area contributed by atoms with Crippen LogP contribution in [0.4, 0.5) is 24.7 Å². The summed E-state index contributed by atoms with van der Waals surface area (Å²) in [5.74, 6) is 0.583. The van der Waals surface area contributed by atoms with Crippen molar-refractivity contribution in [3.63, 3.8) is 0 Å². The smallest absolute Gasteiger partial charge is 0.367 e. The number of likely N-dealkylation sites (tertiary alicyclic amines) is 1. The number of anilines is 2. The molecular weight excluding hydrogens is 479 g/mol. The first-order valence-corrected chi connectivity index (χ1v) is 13.1. The van der Waals surface area contributed by atoms with Crippen LogP contribution >= 0.6 is 0 Å². The van der Waals surface area contributed by atoms with E-state index in [1.54, 1.807) is 25.1 Å². The highest BCUT2D eigenvalue weighted by Crippen LogP contribution is 2.27. The van der Waals surface area contributed by atoms with Gasteiger partial charge in [0.05, 0.1) is 17.7 Å². The Morgan fingerprint density at radius 3 is 2.37 bits per heavy atom. The van der Waals surface area contributed by atoms with Gasteiger partial charge in [0.15, 0.2) is 0 Å². The van der Waals surface area contributed by atoms with E-state index in [-0.39, 0.29) is 17.4 Å². The zero-order chi connectivity index (χ0) is 25.1. The van der Waals surface area contributed by atoms with Crippen molar-refractivity contribution in [1.29, 1.82) is 0 Å². The van der Waals surface area contributed by atoms with Gasteiger partial charge in [0.2, 0.25) is 10.0 Å². The number of fused-ring (bicyclic) bond motifs is 1. The molecule has 188 valence electrons. The Balaban J connectivity index is 1.34. The Morgan fingerprint density at radius 1 is 1.03 bits per heavy atom. The van der Waals surface area contributed by atoms with Crippen molar-refractivity contribution in [1.82, 2.24) is 14.9 Å². The third-order valence-electron chi connectivity index (χ3n) is 6.05. The summed E-state index contributed by atoms with van der Waals surface area (Å²) in [5.41, 5.74) is 2.44. The fraction of sp³-hybridized carbons (Fsp3) is 0.417. The Morgan fingerprint density at radius 2 is 1.71 bits per heavy atom. The van der Waals surface area contributed by atoms with Crippen LogP contribution in [-0.2, 0) is 23.0 Å². The summed E-state index contributed by atoms with van der Waals surface area (Å²) in [4.78, 5) is 10.8. The van der Waals surface area contributed by atoms with Gasteiger partial charge in [-0.25, -0.2) is 18.4 Å². The van der Waals surface area contributed by atoms with Gasteiger partial charge < -0.3 is 5.32 Å². The normalized spacial score (nSPS) is 15.9. The van der Waals surface area contributed by atoms with Crippen molar-refractivity contribution in [2.45, 2.75) is 44.9 Å². The maximum absolute atomic E-state index is 12.8. The van der Waals surface area contributed by atoms with Gasteiger partial charge in [-0.3, -0.25) is 9.62 Å². The molecule has 35 heavy (non-hydrogen) atoms. The molecule has 1 aromatic heterocycles. The third-order valence-corrected chi connectivity index (χ3v) is 7.35. The van der Waals surface area contributed by atoms with E-state index in [0.717, 1.165) is 38.0 Å². The summed E-state index contributed by atoms with van der Waals surface area (Å²) in [5, 5.41) is 4.00. The number of hydrogen-bond acceptors (Lipinski definition) is 6. The predicted molar refractivity (Wildman–Crippen MR) is 131 cm³/mol. The summed E-state index contributed by atoms with van der Waals surface area (Å²) >= 11 is 0. The molecular formula is C24H28F3N5O2S. The summed E-state index contributed by atoms with van der Waals surface area (Å²) in [6, 6.07) is 12.1. The fourth-order valence-electron chi connectivity index (χ4n) is 4.18. The Bertz CT molecular complexity index is 1260. The highest BCUT2D eigenvalue weighted by atomic mass is 32.2. The quantitative estimate of drug-likeness (QED) is 0.465. The van der Waals surface area contributed by atoms with E-state index < -0.39 is 22.6 Å². The minimum absolute atomic E-state index is 0.0251. The van der Waals surface area contributed by atoms with Crippen molar-refractivity contribution < 1.29 is 21.6 Å². The Kier molecular flexibility index (Phi) is 7.46. The number of halogens is 3. The molecule has 2 heterocycles.